The van der Waals surface area contributed by atoms with Crippen molar-refractivity contribution in [2.24, 2.45) is 0 Å². The Balaban J connectivity index is 1.69. The van der Waals surface area contributed by atoms with E-state index in [9.17, 15) is 4.79 Å². The second kappa shape index (κ2) is 5.83. The Morgan fingerprint density at radius 3 is 2.70 bits per heavy atom. The van der Waals surface area contributed by atoms with Crippen molar-refractivity contribution >= 4 is 21.6 Å². The molecule has 1 aliphatic carbocycles. The lowest BCUT2D eigenvalue weighted by Gasteiger charge is -2.13. The minimum atomic E-state index is 0.114. The molecule has 4 heteroatoms. The summed E-state index contributed by atoms with van der Waals surface area (Å²) in [4.78, 5) is 12.0. The maximum absolute atomic E-state index is 12.0. The topological polar surface area (TPSA) is 34.0 Å². The van der Waals surface area contributed by atoms with Crippen molar-refractivity contribution in [2.45, 2.75) is 25.8 Å². The van der Waals surface area contributed by atoms with E-state index in [2.05, 4.69) is 21.2 Å². The van der Waals surface area contributed by atoms with Gasteiger partial charge in [0.1, 0.15) is 0 Å². The highest BCUT2D eigenvalue weighted by molar-refractivity contribution is 9.10. The SMILES string of the molecule is O=c1ccc2c(n1CCNc1ccc(Br)cc1)CCC2. The third-order valence-electron chi connectivity index (χ3n) is 3.76. The zero-order valence-electron chi connectivity index (χ0n) is 11.2. The highest BCUT2D eigenvalue weighted by Crippen LogP contribution is 2.20. The van der Waals surface area contributed by atoms with Crippen molar-refractivity contribution < 1.29 is 0 Å². The number of aromatic nitrogens is 1. The molecule has 104 valence electrons. The lowest BCUT2D eigenvalue weighted by atomic mass is 10.2. The van der Waals surface area contributed by atoms with E-state index in [1.165, 1.54) is 17.7 Å². The van der Waals surface area contributed by atoms with E-state index in [4.69, 9.17) is 0 Å². The molecule has 0 bridgehead atoms. The van der Waals surface area contributed by atoms with Gasteiger partial charge in [0.25, 0.3) is 5.56 Å². The molecule has 0 radical (unpaired) electrons. The molecular formula is C16H17BrN2O. The monoisotopic (exact) mass is 332 g/mol. The van der Waals surface area contributed by atoms with Gasteiger partial charge >= 0.3 is 0 Å². The Morgan fingerprint density at radius 1 is 1.10 bits per heavy atom. The normalized spacial score (nSPS) is 13.2. The Morgan fingerprint density at radius 2 is 1.90 bits per heavy atom. The van der Waals surface area contributed by atoms with Crippen LogP contribution >= 0.6 is 15.9 Å². The Bertz CT molecular complexity index is 661. The van der Waals surface area contributed by atoms with E-state index >= 15 is 0 Å². The van der Waals surface area contributed by atoms with Crippen LogP contribution in [0.25, 0.3) is 0 Å². The van der Waals surface area contributed by atoms with Gasteiger partial charge in [0.2, 0.25) is 0 Å². The fraction of sp³-hybridized carbons (Fsp3) is 0.312. The molecule has 0 saturated heterocycles. The highest BCUT2D eigenvalue weighted by atomic mass is 79.9. The van der Waals surface area contributed by atoms with Crippen LogP contribution in [0.3, 0.4) is 0 Å². The van der Waals surface area contributed by atoms with E-state index < -0.39 is 0 Å². The number of hydrogen-bond donors (Lipinski definition) is 1. The molecule has 3 rings (SSSR count). The van der Waals surface area contributed by atoms with E-state index in [0.29, 0.717) is 0 Å². The number of pyridine rings is 1. The van der Waals surface area contributed by atoms with Crippen LogP contribution in [0.5, 0.6) is 0 Å². The van der Waals surface area contributed by atoms with Gasteiger partial charge < -0.3 is 9.88 Å². The molecule has 0 atom stereocenters. The van der Waals surface area contributed by atoms with Crippen molar-refractivity contribution in [2.75, 3.05) is 11.9 Å². The minimum Gasteiger partial charge on any atom is -0.383 e. The molecule has 1 aromatic carbocycles. The number of fused-ring (bicyclic) bond motifs is 1. The van der Waals surface area contributed by atoms with E-state index in [1.807, 2.05) is 34.9 Å². The number of nitrogens with zero attached hydrogens (tertiary/aromatic N) is 1. The number of rotatable bonds is 4. The number of halogens is 1. The maximum Gasteiger partial charge on any atom is 0.250 e. The molecular weight excluding hydrogens is 316 g/mol. The Hall–Kier alpha value is -1.55. The first kappa shape index (κ1) is 13.4. The van der Waals surface area contributed by atoms with Gasteiger partial charge in [-0.1, -0.05) is 22.0 Å². The van der Waals surface area contributed by atoms with Gasteiger partial charge in [-0.15, -0.1) is 0 Å². The summed E-state index contributed by atoms with van der Waals surface area (Å²) in [5.41, 5.74) is 3.76. The Kier molecular flexibility index (Phi) is 3.92. The zero-order chi connectivity index (χ0) is 13.9. The minimum absolute atomic E-state index is 0.114. The first-order chi connectivity index (χ1) is 9.74. The van der Waals surface area contributed by atoms with Crippen LogP contribution in [0.4, 0.5) is 5.69 Å². The number of anilines is 1. The van der Waals surface area contributed by atoms with Crippen molar-refractivity contribution in [1.29, 1.82) is 0 Å². The highest BCUT2D eigenvalue weighted by Gasteiger charge is 2.15. The summed E-state index contributed by atoms with van der Waals surface area (Å²) in [5, 5.41) is 3.36. The van der Waals surface area contributed by atoms with Crippen molar-refractivity contribution in [3.8, 4) is 0 Å². The summed E-state index contributed by atoms with van der Waals surface area (Å²) in [6.45, 7) is 1.48. The zero-order valence-corrected chi connectivity index (χ0v) is 12.8. The third-order valence-corrected chi connectivity index (χ3v) is 4.29. The first-order valence-electron chi connectivity index (χ1n) is 6.95. The second-order valence-corrected chi connectivity index (χ2v) is 6.00. The van der Waals surface area contributed by atoms with Crippen LogP contribution < -0.4 is 10.9 Å². The van der Waals surface area contributed by atoms with E-state index in [1.54, 1.807) is 6.07 Å². The lowest BCUT2D eigenvalue weighted by Crippen LogP contribution is -2.26. The largest absolute Gasteiger partial charge is 0.383 e. The van der Waals surface area contributed by atoms with Gasteiger partial charge in [-0.25, -0.2) is 0 Å². The van der Waals surface area contributed by atoms with Gasteiger partial charge in [-0.05, 0) is 49.1 Å². The predicted molar refractivity (Wildman–Crippen MR) is 85.4 cm³/mol. The molecule has 1 heterocycles. The van der Waals surface area contributed by atoms with Crippen molar-refractivity contribution in [3.05, 3.63) is 62.5 Å². The molecule has 3 nitrogen and oxygen atoms in total. The van der Waals surface area contributed by atoms with Crippen LogP contribution in [0.2, 0.25) is 0 Å². The number of nitrogens with one attached hydrogen (secondary N) is 1. The summed E-state index contributed by atoms with van der Waals surface area (Å²) < 4.78 is 2.99. The van der Waals surface area contributed by atoms with Gasteiger partial charge in [0.05, 0.1) is 0 Å². The average Bonchev–Trinajstić information content (AvgIpc) is 2.92. The van der Waals surface area contributed by atoms with Gasteiger partial charge in [0.15, 0.2) is 0 Å². The number of hydrogen-bond acceptors (Lipinski definition) is 2. The van der Waals surface area contributed by atoms with Crippen molar-refractivity contribution in [1.82, 2.24) is 4.57 Å². The summed E-state index contributed by atoms with van der Waals surface area (Å²) in [5.74, 6) is 0. The molecule has 1 aromatic heterocycles. The van der Waals surface area contributed by atoms with Crippen LogP contribution in [0, 0.1) is 0 Å². The number of benzene rings is 1. The van der Waals surface area contributed by atoms with Gasteiger partial charge in [-0.3, -0.25) is 4.79 Å². The van der Waals surface area contributed by atoms with E-state index in [0.717, 1.165) is 36.1 Å². The fourth-order valence-electron chi connectivity index (χ4n) is 2.76. The molecule has 0 spiro atoms. The molecule has 0 fully saturated rings. The summed E-state index contributed by atoms with van der Waals surface area (Å²) in [7, 11) is 0. The third kappa shape index (κ3) is 2.80. The molecule has 0 saturated carbocycles. The van der Waals surface area contributed by atoms with Crippen molar-refractivity contribution in [3.63, 3.8) is 0 Å². The summed E-state index contributed by atoms with van der Waals surface area (Å²) in [6.07, 6.45) is 3.30. The molecule has 0 amide bonds. The predicted octanol–water partition coefficient (Wildman–Crippen LogP) is 3.21. The molecule has 20 heavy (non-hydrogen) atoms. The fourth-order valence-corrected chi connectivity index (χ4v) is 3.02. The summed E-state index contributed by atoms with van der Waals surface area (Å²) >= 11 is 3.42. The number of aryl methyl sites for hydroxylation is 1. The average molecular weight is 333 g/mol. The standard InChI is InChI=1S/C16H17BrN2O/c17-13-5-7-14(8-6-13)18-10-11-19-15-3-1-2-12(15)4-9-16(19)20/h4-9,18H,1-3,10-11H2. The van der Waals surface area contributed by atoms with Crippen LogP contribution in [-0.2, 0) is 19.4 Å². The van der Waals surface area contributed by atoms with Crippen LogP contribution in [0.1, 0.15) is 17.7 Å². The Labute approximate surface area is 126 Å². The molecule has 2 aromatic rings. The quantitative estimate of drug-likeness (QED) is 0.932. The summed E-state index contributed by atoms with van der Waals surface area (Å²) in [6, 6.07) is 11.8. The van der Waals surface area contributed by atoms with Crippen LogP contribution in [-0.4, -0.2) is 11.1 Å². The molecule has 0 unspecified atom stereocenters. The molecule has 0 aliphatic heterocycles. The molecule has 1 N–H and O–H groups in total. The second-order valence-electron chi connectivity index (χ2n) is 5.08. The maximum atomic E-state index is 12.0. The van der Waals surface area contributed by atoms with E-state index in [-0.39, 0.29) is 5.56 Å². The lowest BCUT2D eigenvalue weighted by molar-refractivity contribution is 0.659. The first-order valence-corrected chi connectivity index (χ1v) is 7.74. The van der Waals surface area contributed by atoms with Crippen LogP contribution in [0.15, 0.2) is 45.7 Å². The van der Waals surface area contributed by atoms with Gasteiger partial charge in [-0.2, -0.15) is 0 Å². The smallest absolute Gasteiger partial charge is 0.250 e. The van der Waals surface area contributed by atoms with Gasteiger partial charge in [0, 0.05) is 35.0 Å². The molecule has 1 aliphatic rings.